The van der Waals surface area contributed by atoms with Crippen molar-refractivity contribution in [2.24, 2.45) is 0 Å². The van der Waals surface area contributed by atoms with Crippen LogP contribution in [0.4, 0.5) is 5.69 Å². The van der Waals surface area contributed by atoms with Crippen molar-refractivity contribution in [3.05, 3.63) is 35.4 Å². The molecule has 1 aromatic heterocycles. The van der Waals surface area contributed by atoms with Gasteiger partial charge in [0.15, 0.2) is 0 Å². The van der Waals surface area contributed by atoms with Gasteiger partial charge in [-0.3, -0.25) is 0 Å². The van der Waals surface area contributed by atoms with E-state index in [-0.39, 0.29) is 0 Å². The van der Waals surface area contributed by atoms with E-state index in [0.717, 1.165) is 29.4 Å². The lowest BCUT2D eigenvalue weighted by Crippen LogP contribution is -2.04. The molecule has 0 aliphatic rings. The number of hydrogen-bond donors (Lipinski definition) is 1. The van der Waals surface area contributed by atoms with Gasteiger partial charge in [0, 0.05) is 17.1 Å². The van der Waals surface area contributed by atoms with Crippen LogP contribution in [0.5, 0.6) is 0 Å². The molecule has 0 radical (unpaired) electrons. The fourth-order valence-electron chi connectivity index (χ4n) is 1.57. The first kappa shape index (κ1) is 13.2. The summed E-state index contributed by atoms with van der Waals surface area (Å²) in [7, 11) is 0. The SMILES string of the molecule is CCCn1ncnc1CSc1ccc(N)cc1Cl. The molecule has 0 saturated heterocycles. The number of halogens is 1. The van der Waals surface area contributed by atoms with Crippen LogP contribution in [0, 0.1) is 0 Å². The van der Waals surface area contributed by atoms with Gasteiger partial charge in [0.05, 0.1) is 10.8 Å². The summed E-state index contributed by atoms with van der Waals surface area (Å²) in [5.74, 6) is 1.72. The van der Waals surface area contributed by atoms with E-state index in [0.29, 0.717) is 10.7 Å². The Kier molecular flexibility index (Phi) is 4.49. The Morgan fingerprint density at radius 3 is 3.00 bits per heavy atom. The molecule has 18 heavy (non-hydrogen) atoms. The van der Waals surface area contributed by atoms with E-state index >= 15 is 0 Å². The molecule has 0 saturated carbocycles. The van der Waals surface area contributed by atoms with E-state index in [9.17, 15) is 0 Å². The summed E-state index contributed by atoms with van der Waals surface area (Å²) >= 11 is 7.77. The monoisotopic (exact) mass is 282 g/mol. The summed E-state index contributed by atoms with van der Waals surface area (Å²) in [4.78, 5) is 5.27. The largest absolute Gasteiger partial charge is 0.399 e. The topological polar surface area (TPSA) is 56.7 Å². The summed E-state index contributed by atoms with van der Waals surface area (Å²) in [6.45, 7) is 3.01. The molecule has 0 fully saturated rings. The van der Waals surface area contributed by atoms with Crippen LogP contribution in [0.1, 0.15) is 19.2 Å². The van der Waals surface area contributed by atoms with Crippen LogP contribution >= 0.6 is 23.4 Å². The molecule has 0 unspecified atom stereocenters. The molecular weight excluding hydrogens is 268 g/mol. The maximum Gasteiger partial charge on any atom is 0.138 e. The minimum atomic E-state index is 0.679. The average molecular weight is 283 g/mol. The minimum Gasteiger partial charge on any atom is -0.399 e. The van der Waals surface area contributed by atoms with Crippen LogP contribution in [-0.4, -0.2) is 14.8 Å². The molecule has 4 nitrogen and oxygen atoms in total. The van der Waals surface area contributed by atoms with E-state index in [1.54, 1.807) is 24.2 Å². The smallest absolute Gasteiger partial charge is 0.138 e. The van der Waals surface area contributed by atoms with Crippen LogP contribution in [-0.2, 0) is 12.3 Å². The van der Waals surface area contributed by atoms with Crippen molar-refractivity contribution in [2.45, 2.75) is 30.5 Å². The molecular formula is C12H15ClN4S. The zero-order chi connectivity index (χ0) is 13.0. The maximum absolute atomic E-state index is 6.13. The third-order valence-corrected chi connectivity index (χ3v) is 3.94. The summed E-state index contributed by atoms with van der Waals surface area (Å²) in [5.41, 5.74) is 6.34. The molecule has 96 valence electrons. The highest BCUT2D eigenvalue weighted by Crippen LogP contribution is 2.30. The zero-order valence-corrected chi connectivity index (χ0v) is 11.7. The Balaban J connectivity index is 2.04. The Labute approximate surface area is 116 Å². The number of aromatic nitrogens is 3. The second-order valence-corrected chi connectivity index (χ2v) is 5.30. The van der Waals surface area contributed by atoms with E-state index < -0.39 is 0 Å². The predicted octanol–water partition coefficient (Wildman–Crippen LogP) is 3.22. The van der Waals surface area contributed by atoms with Gasteiger partial charge in [-0.15, -0.1) is 11.8 Å². The van der Waals surface area contributed by atoms with E-state index in [1.807, 2.05) is 16.8 Å². The molecule has 0 amide bonds. The molecule has 0 aliphatic heterocycles. The molecule has 0 atom stereocenters. The first-order valence-electron chi connectivity index (χ1n) is 5.75. The third-order valence-electron chi connectivity index (χ3n) is 2.44. The lowest BCUT2D eigenvalue weighted by molar-refractivity contribution is 0.581. The van der Waals surface area contributed by atoms with Crippen molar-refractivity contribution in [1.29, 1.82) is 0 Å². The number of nitrogens with zero attached hydrogens (tertiary/aromatic N) is 3. The van der Waals surface area contributed by atoms with Gasteiger partial charge in [-0.1, -0.05) is 18.5 Å². The summed E-state index contributed by atoms with van der Waals surface area (Å²) in [6.07, 6.45) is 2.64. The Hall–Kier alpha value is -1.20. The zero-order valence-electron chi connectivity index (χ0n) is 10.1. The minimum absolute atomic E-state index is 0.679. The second kappa shape index (κ2) is 6.11. The maximum atomic E-state index is 6.13. The number of nitrogen functional groups attached to an aromatic ring is 1. The lowest BCUT2D eigenvalue weighted by atomic mass is 10.3. The fourth-order valence-corrected chi connectivity index (χ4v) is 2.80. The van der Waals surface area contributed by atoms with Gasteiger partial charge in [-0.05, 0) is 24.6 Å². The summed E-state index contributed by atoms with van der Waals surface area (Å²) in [6, 6.07) is 5.55. The highest BCUT2D eigenvalue weighted by Gasteiger charge is 2.06. The molecule has 1 aromatic carbocycles. The number of rotatable bonds is 5. The lowest BCUT2D eigenvalue weighted by Gasteiger charge is -2.06. The first-order chi connectivity index (χ1) is 8.70. The van der Waals surface area contributed by atoms with Crippen LogP contribution in [0.2, 0.25) is 5.02 Å². The van der Waals surface area contributed by atoms with Crippen molar-refractivity contribution < 1.29 is 0 Å². The van der Waals surface area contributed by atoms with Crippen molar-refractivity contribution in [2.75, 3.05) is 5.73 Å². The van der Waals surface area contributed by atoms with Gasteiger partial charge in [-0.2, -0.15) is 5.10 Å². The van der Waals surface area contributed by atoms with Crippen molar-refractivity contribution >= 4 is 29.1 Å². The van der Waals surface area contributed by atoms with Gasteiger partial charge < -0.3 is 5.73 Å². The van der Waals surface area contributed by atoms with Crippen molar-refractivity contribution in [3.63, 3.8) is 0 Å². The van der Waals surface area contributed by atoms with Gasteiger partial charge in [-0.25, -0.2) is 9.67 Å². The number of anilines is 1. The van der Waals surface area contributed by atoms with Crippen LogP contribution < -0.4 is 5.73 Å². The van der Waals surface area contributed by atoms with Gasteiger partial charge in [0.1, 0.15) is 12.2 Å². The molecule has 0 spiro atoms. The summed E-state index contributed by atoms with van der Waals surface area (Å²) < 4.78 is 1.93. The normalized spacial score (nSPS) is 10.8. The van der Waals surface area contributed by atoms with E-state index in [2.05, 4.69) is 17.0 Å². The van der Waals surface area contributed by atoms with Crippen LogP contribution in [0.15, 0.2) is 29.4 Å². The third kappa shape index (κ3) is 3.17. The molecule has 2 rings (SSSR count). The number of nitrogens with two attached hydrogens (primary N) is 1. The highest BCUT2D eigenvalue weighted by atomic mass is 35.5. The van der Waals surface area contributed by atoms with E-state index in [1.165, 1.54) is 0 Å². The molecule has 2 N–H and O–H groups in total. The fraction of sp³-hybridized carbons (Fsp3) is 0.333. The number of benzene rings is 1. The van der Waals surface area contributed by atoms with Gasteiger partial charge in [0.2, 0.25) is 0 Å². The average Bonchev–Trinajstić information content (AvgIpc) is 2.76. The predicted molar refractivity (Wildman–Crippen MR) is 75.7 cm³/mol. The van der Waals surface area contributed by atoms with E-state index in [4.69, 9.17) is 17.3 Å². The number of hydrogen-bond acceptors (Lipinski definition) is 4. The molecule has 6 heteroatoms. The van der Waals surface area contributed by atoms with Crippen LogP contribution in [0.3, 0.4) is 0 Å². The Morgan fingerprint density at radius 1 is 1.44 bits per heavy atom. The highest BCUT2D eigenvalue weighted by molar-refractivity contribution is 7.98. The van der Waals surface area contributed by atoms with Gasteiger partial charge in [0.25, 0.3) is 0 Å². The van der Waals surface area contributed by atoms with Crippen LogP contribution in [0.25, 0.3) is 0 Å². The Bertz CT molecular complexity index is 527. The van der Waals surface area contributed by atoms with Gasteiger partial charge >= 0.3 is 0 Å². The quantitative estimate of drug-likeness (QED) is 0.676. The molecule has 0 bridgehead atoms. The second-order valence-electron chi connectivity index (χ2n) is 3.88. The molecule has 1 heterocycles. The number of thioether (sulfide) groups is 1. The molecule has 2 aromatic rings. The number of aryl methyl sites for hydroxylation is 1. The first-order valence-corrected chi connectivity index (χ1v) is 7.11. The van der Waals surface area contributed by atoms with Crippen molar-refractivity contribution in [1.82, 2.24) is 14.8 Å². The van der Waals surface area contributed by atoms with Crippen molar-refractivity contribution in [3.8, 4) is 0 Å². The standard InChI is InChI=1S/C12H15ClN4S/c1-2-5-17-12(15-8-16-17)7-18-11-4-3-9(14)6-10(11)13/h3-4,6,8H,2,5,7,14H2,1H3. The Morgan fingerprint density at radius 2 is 2.28 bits per heavy atom. The molecule has 0 aliphatic carbocycles. The summed E-state index contributed by atoms with van der Waals surface area (Å²) in [5, 5.41) is 4.88.